The number of hydrogen-bond donors (Lipinski definition) is 1. The second-order valence-electron chi connectivity index (χ2n) is 5.32. The Bertz CT molecular complexity index is 665. The van der Waals surface area contributed by atoms with Crippen molar-refractivity contribution in [3.05, 3.63) is 41.1 Å². The lowest BCUT2D eigenvalue weighted by Gasteiger charge is -2.10. The first-order chi connectivity index (χ1) is 10.0. The SMILES string of the molecule is Cc1nn(C)c(Oc2cc(F)ccc2F)c1CNC1CC1. The molecule has 0 amide bonds. The number of aryl methyl sites for hydroxylation is 2. The molecule has 1 aliphatic carbocycles. The van der Waals surface area contributed by atoms with Crippen molar-refractivity contribution < 1.29 is 13.5 Å². The highest BCUT2D eigenvalue weighted by Gasteiger charge is 2.23. The molecule has 112 valence electrons. The Morgan fingerprint density at radius 3 is 2.86 bits per heavy atom. The molecule has 0 spiro atoms. The number of nitrogens with one attached hydrogen (secondary N) is 1. The largest absolute Gasteiger partial charge is 0.436 e. The molecule has 4 nitrogen and oxygen atoms in total. The van der Waals surface area contributed by atoms with Gasteiger partial charge in [0, 0.05) is 25.7 Å². The van der Waals surface area contributed by atoms with E-state index in [1.807, 2.05) is 6.92 Å². The molecule has 0 bridgehead atoms. The molecule has 1 aliphatic rings. The van der Waals surface area contributed by atoms with Gasteiger partial charge in [0.2, 0.25) is 5.88 Å². The number of nitrogens with zero attached hydrogens (tertiary/aromatic N) is 2. The van der Waals surface area contributed by atoms with Gasteiger partial charge in [-0.1, -0.05) is 0 Å². The molecule has 1 saturated carbocycles. The molecule has 0 saturated heterocycles. The maximum Gasteiger partial charge on any atom is 0.222 e. The fraction of sp³-hybridized carbons (Fsp3) is 0.400. The third-order valence-electron chi connectivity index (χ3n) is 3.53. The molecule has 1 N–H and O–H groups in total. The van der Waals surface area contributed by atoms with Crippen molar-refractivity contribution in [1.82, 2.24) is 15.1 Å². The average molecular weight is 293 g/mol. The van der Waals surface area contributed by atoms with Gasteiger partial charge in [0.05, 0.1) is 11.3 Å². The van der Waals surface area contributed by atoms with Gasteiger partial charge in [-0.3, -0.25) is 0 Å². The molecule has 6 heteroatoms. The molecular weight excluding hydrogens is 276 g/mol. The van der Waals surface area contributed by atoms with E-state index >= 15 is 0 Å². The van der Waals surface area contributed by atoms with Gasteiger partial charge >= 0.3 is 0 Å². The van der Waals surface area contributed by atoms with Gasteiger partial charge in [0.15, 0.2) is 11.6 Å². The van der Waals surface area contributed by atoms with Crippen LogP contribution in [0, 0.1) is 18.6 Å². The average Bonchev–Trinajstić information content (AvgIpc) is 3.21. The maximum atomic E-state index is 13.7. The van der Waals surface area contributed by atoms with Crippen LogP contribution in [0.1, 0.15) is 24.1 Å². The van der Waals surface area contributed by atoms with Crippen LogP contribution in [-0.4, -0.2) is 15.8 Å². The van der Waals surface area contributed by atoms with Gasteiger partial charge in [0.25, 0.3) is 0 Å². The molecule has 1 fully saturated rings. The number of aromatic nitrogens is 2. The lowest BCUT2D eigenvalue weighted by Crippen LogP contribution is -2.16. The predicted octanol–water partition coefficient (Wildman–Crippen LogP) is 3.05. The third kappa shape index (κ3) is 3.05. The topological polar surface area (TPSA) is 39.1 Å². The second kappa shape index (κ2) is 5.44. The second-order valence-corrected chi connectivity index (χ2v) is 5.32. The number of rotatable bonds is 5. The van der Waals surface area contributed by atoms with Crippen molar-refractivity contribution in [2.45, 2.75) is 32.4 Å². The van der Waals surface area contributed by atoms with Crippen LogP contribution in [0.5, 0.6) is 11.6 Å². The highest BCUT2D eigenvalue weighted by molar-refractivity contribution is 5.36. The molecule has 3 rings (SSSR count). The van der Waals surface area contributed by atoms with E-state index in [1.165, 1.54) is 12.8 Å². The highest BCUT2D eigenvalue weighted by atomic mass is 19.1. The van der Waals surface area contributed by atoms with Crippen LogP contribution in [0.3, 0.4) is 0 Å². The zero-order valence-corrected chi connectivity index (χ0v) is 12.0. The number of hydrogen-bond acceptors (Lipinski definition) is 3. The lowest BCUT2D eigenvalue weighted by atomic mass is 10.2. The van der Waals surface area contributed by atoms with Crippen molar-refractivity contribution >= 4 is 0 Å². The molecule has 21 heavy (non-hydrogen) atoms. The van der Waals surface area contributed by atoms with Crippen LogP contribution >= 0.6 is 0 Å². The van der Waals surface area contributed by atoms with Crippen LogP contribution in [0.15, 0.2) is 18.2 Å². The van der Waals surface area contributed by atoms with Crippen molar-refractivity contribution in [2.24, 2.45) is 7.05 Å². The molecule has 0 aliphatic heterocycles. The molecular formula is C15H17F2N3O. The van der Waals surface area contributed by atoms with Crippen molar-refractivity contribution in [3.63, 3.8) is 0 Å². The first-order valence-electron chi connectivity index (χ1n) is 6.93. The summed E-state index contributed by atoms with van der Waals surface area (Å²) in [6, 6.07) is 3.70. The zero-order valence-electron chi connectivity index (χ0n) is 12.0. The monoisotopic (exact) mass is 293 g/mol. The van der Waals surface area contributed by atoms with Crippen molar-refractivity contribution in [3.8, 4) is 11.6 Å². The Hall–Kier alpha value is -1.95. The van der Waals surface area contributed by atoms with Gasteiger partial charge in [-0.2, -0.15) is 5.10 Å². The van der Waals surface area contributed by atoms with Gasteiger partial charge in [0.1, 0.15) is 5.82 Å². The summed E-state index contributed by atoms with van der Waals surface area (Å²) >= 11 is 0. The first kappa shape index (κ1) is 14.0. The molecule has 0 atom stereocenters. The standard InChI is InChI=1S/C15H17F2N3O/c1-9-12(8-18-11-4-5-11)15(20(2)19-9)21-14-7-10(16)3-6-13(14)17/h3,6-7,11,18H,4-5,8H2,1-2H3. The smallest absolute Gasteiger partial charge is 0.222 e. The molecule has 0 radical (unpaired) electrons. The van der Waals surface area contributed by atoms with Crippen LogP contribution in [0.25, 0.3) is 0 Å². The van der Waals surface area contributed by atoms with Gasteiger partial charge in [-0.05, 0) is 31.9 Å². The van der Waals surface area contributed by atoms with E-state index in [0.29, 0.717) is 18.5 Å². The van der Waals surface area contributed by atoms with Crippen molar-refractivity contribution in [2.75, 3.05) is 0 Å². The highest BCUT2D eigenvalue weighted by Crippen LogP contribution is 2.30. The number of ether oxygens (including phenoxy) is 1. The Kier molecular flexibility index (Phi) is 3.63. The third-order valence-corrected chi connectivity index (χ3v) is 3.53. The summed E-state index contributed by atoms with van der Waals surface area (Å²) in [6.07, 6.45) is 2.35. The number of halogens is 2. The molecule has 2 aromatic rings. The lowest BCUT2D eigenvalue weighted by molar-refractivity contribution is 0.394. The zero-order chi connectivity index (χ0) is 15.0. The van der Waals surface area contributed by atoms with Crippen LogP contribution < -0.4 is 10.1 Å². The number of benzene rings is 1. The minimum absolute atomic E-state index is 0.134. The summed E-state index contributed by atoms with van der Waals surface area (Å²) in [5.41, 5.74) is 1.69. The summed E-state index contributed by atoms with van der Waals surface area (Å²) in [5.74, 6) is -0.838. The van der Waals surface area contributed by atoms with Crippen LogP contribution in [-0.2, 0) is 13.6 Å². The summed E-state index contributed by atoms with van der Waals surface area (Å²) < 4.78 is 34.1. The molecule has 1 aromatic heterocycles. The van der Waals surface area contributed by atoms with Gasteiger partial charge in [-0.25, -0.2) is 13.5 Å². The van der Waals surface area contributed by atoms with Crippen LogP contribution in [0.4, 0.5) is 8.78 Å². The van der Waals surface area contributed by atoms with E-state index in [1.54, 1.807) is 11.7 Å². The summed E-state index contributed by atoms with van der Waals surface area (Å²) in [6.45, 7) is 2.48. The Balaban J connectivity index is 1.87. The Morgan fingerprint density at radius 1 is 1.38 bits per heavy atom. The van der Waals surface area contributed by atoms with Crippen LogP contribution in [0.2, 0.25) is 0 Å². The van der Waals surface area contributed by atoms with Crippen molar-refractivity contribution in [1.29, 1.82) is 0 Å². The molecule has 1 aromatic carbocycles. The fourth-order valence-corrected chi connectivity index (χ4v) is 2.21. The Morgan fingerprint density at radius 2 is 2.14 bits per heavy atom. The van der Waals surface area contributed by atoms with Gasteiger partial charge < -0.3 is 10.1 Å². The molecule has 0 unspecified atom stereocenters. The Labute approximate surface area is 121 Å². The van der Waals surface area contributed by atoms with E-state index in [-0.39, 0.29) is 5.75 Å². The first-order valence-corrected chi connectivity index (χ1v) is 6.93. The van der Waals surface area contributed by atoms with E-state index < -0.39 is 11.6 Å². The van der Waals surface area contributed by atoms with Gasteiger partial charge in [-0.15, -0.1) is 0 Å². The normalized spacial score (nSPS) is 14.5. The summed E-state index contributed by atoms with van der Waals surface area (Å²) in [4.78, 5) is 0. The predicted molar refractivity (Wildman–Crippen MR) is 74.2 cm³/mol. The minimum Gasteiger partial charge on any atom is -0.436 e. The fourth-order valence-electron chi connectivity index (χ4n) is 2.21. The summed E-state index contributed by atoms with van der Waals surface area (Å²) in [7, 11) is 1.72. The summed E-state index contributed by atoms with van der Waals surface area (Å²) in [5, 5.41) is 7.67. The minimum atomic E-state index is -0.601. The maximum absolute atomic E-state index is 13.7. The van der Waals surface area contributed by atoms with E-state index in [2.05, 4.69) is 10.4 Å². The van der Waals surface area contributed by atoms with E-state index in [0.717, 1.165) is 29.5 Å². The quantitative estimate of drug-likeness (QED) is 0.921. The van der Waals surface area contributed by atoms with E-state index in [9.17, 15) is 8.78 Å². The van der Waals surface area contributed by atoms with E-state index in [4.69, 9.17) is 4.74 Å². The molecule has 1 heterocycles.